The fraction of sp³-hybridized carbons (Fsp3) is 0. The van der Waals surface area contributed by atoms with E-state index >= 15 is 0 Å². The SMILES string of the molecule is O=[PH2]O.[NaH].[NaH]. The topological polar surface area (TPSA) is 37.3 Å². The molecule has 0 aliphatic heterocycles. The third kappa shape index (κ3) is 22.7. The maximum absolute atomic E-state index is 8.57. The summed E-state index contributed by atoms with van der Waals surface area (Å²) in [6, 6.07) is 0. The van der Waals surface area contributed by atoms with Crippen molar-refractivity contribution in [3.8, 4) is 0 Å². The molecule has 0 bridgehead atoms. The van der Waals surface area contributed by atoms with E-state index in [4.69, 9.17) is 9.46 Å². The molecule has 1 atom stereocenters. The van der Waals surface area contributed by atoms with Crippen LogP contribution in [0.25, 0.3) is 0 Å². The minimum absolute atomic E-state index is 0. The molecule has 2 nitrogen and oxygen atoms in total. The van der Waals surface area contributed by atoms with E-state index in [-0.39, 0.29) is 59.1 Å². The van der Waals surface area contributed by atoms with Gasteiger partial charge in [0.15, 0.2) is 8.69 Å². The van der Waals surface area contributed by atoms with Gasteiger partial charge in [-0.2, -0.15) is 0 Å². The van der Waals surface area contributed by atoms with Crippen LogP contribution >= 0.6 is 8.69 Å². The van der Waals surface area contributed by atoms with E-state index in [2.05, 4.69) is 0 Å². The van der Waals surface area contributed by atoms with Gasteiger partial charge in [-0.15, -0.1) is 0 Å². The standard InChI is InChI=1S/2Na.H3O2P.2H/c;;1-3-2;;/h;;3H2,(H,1,2);;. The van der Waals surface area contributed by atoms with Gasteiger partial charge in [0.1, 0.15) is 0 Å². The van der Waals surface area contributed by atoms with E-state index < -0.39 is 8.69 Å². The van der Waals surface area contributed by atoms with E-state index in [1.165, 1.54) is 0 Å². The van der Waals surface area contributed by atoms with Crippen LogP contribution in [0.5, 0.6) is 0 Å². The predicted molar refractivity (Wildman–Crippen MR) is 26.9 cm³/mol. The zero-order valence-corrected chi connectivity index (χ0v) is 2.59. The van der Waals surface area contributed by atoms with E-state index in [1.54, 1.807) is 0 Å². The molecule has 0 aromatic rings. The van der Waals surface area contributed by atoms with Gasteiger partial charge in [0.05, 0.1) is 0 Å². The molecule has 0 aliphatic carbocycles. The van der Waals surface area contributed by atoms with Crippen molar-refractivity contribution < 1.29 is 9.46 Å². The molecule has 0 fully saturated rings. The molecule has 0 amide bonds. The second-order valence-corrected chi connectivity index (χ2v) is 0.316. The first kappa shape index (κ1) is 15.7. The number of rotatable bonds is 0. The Labute approximate surface area is 76.2 Å². The Kier molecular flexibility index (Phi) is 51.4. The van der Waals surface area contributed by atoms with Crippen LogP contribution in [0.3, 0.4) is 0 Å². The van der Waals surface area contributed by atoms with Crippen LogP contribution in [0.4, 0.5) is 0 Å². The van der Waals surface area contributed by atoms with Crippen molar-refractivity contribution in [3.05, 3.63) is 0 Å². The first-order valence-electron chi connectivity index (χ1n) is 0.494. The van der Waals surface area contributed by atoms with Gasteiger partial charge in [0, 0.05) is 0 Å². The fourth-order valence-corrected chi connectivity index (χ4v) is 0. The second kappa shape index (κ2) is 16.4. The third-order valence-electron chi connectivity index (χ3n) is 0. The van der Waals surface area contributed by atoms with Gasteiger partial charge in [-0.1, -0.05) is 0 Å². The molecule has 0 saturated heterocycles. The first-order chi connectivity index (χ1) is 1.41. The van der Waals surface area contributed by atoms with Crippen LogP contribution in [-0.2, 0) is 4.57 Å². The molecule has 0 saturated carbocycles. The summed E-state index contributed by atoms with van der Waals surface area (Å²) in [5.41, 5.74) is 0. The first-order valence-corrected chi connectivity index (χ1v) is 1.48. The molecule has 5 heteroatoms. The van der Waals surface area contributed by atoms with E-state index in [9.17, 15) is 0 Å². The summed E-state index contributed by atoms with van der Waals surface area (Å²) in [5, 5.41) is 0. The van der Waals surface area contributed by atoms with E-state index in [0.717, 1.165) is 0 Å². The zero-order valence-electron chi connectivity index (χ0n) is 1.43. The molecule has 0 aromatic carbocycles. The summed E-state index contributed by atoms with van der Waals surface area (Å²) >= 11 is 0. The summed E-state index contributed by atoms with van der Waals surface area (Å²) in [6.07, 6.45) is 0. The Morgan fingerprint density at radius 2 is 1.40 bits per heavy atom. The van der Waals surface area contributed by atoms with Crippen molar-refractivity contribution in [3.63, 3.8) is 0 Å². The summed E-state index contributed by atoms with van der Waals surface area (Å²) in [6.45, 7) is 0. The molecule has 5 heavy (non-hydrogen) atoms. The van der Waals surface area contributed by atoms with Gasteiger partial charge >= 0.3 is 59.1 Å². The minimum atomic E-state index is -1.50. The molecule has 0 heterocycles. The molecule has 1 N–H and O–H groups in total. The Balaban J connectivity index is -0.0000000200. The van der Waals surface area contributed by atoms with Crippen LogP contribution in [0.2, 0.25) is 0 Å². The molecular weight excluding hydrogens is 109 g/mol. The van der Waals surface area contributed by atoms with Crippen molar-refractivity contribution in [2.45, 2.75) is 0 Å². The number of hydrogen-bond donors (Lipinski definition) is 1. The zero-order chi connectivity index (χ0) is 2.71. The Morgan fingerprint density at radius 1 is 1.40 bits per heavy atom. The maximum atomic E-state index is 8.57. The van der Waals surface area contributed by atoms with Gasteiger partial charge < -0.3 is 4.89 Å². The summed E-state index contributed by atoms with van der Waals surface area (Å²) < 4.78 is 8.57. The summed E-state index contributed by atoms with van der Waals surface area (Å²) in [4.78, 5) is 7.10. The van der Waals surface area contributed by atoms with Crippen LogP contribution in [-0.4, -0.2) is 64.0 Å². The third-order valence-corrected chi connectivity index (χ3v) is 0. The molecule has 1 unspecified atom stereocenters. The molecule has 0 spiro atoms. The second-order valence-electron chi connectivity index (χ2n) is 0.105. The van der Waals surface area contributed by atoms with E-state index in [1.807, 2.05) is 0 Å². The van der Waals surface area contributed by atoms with Gasteiger partial charge in [-0.25, -0.2) is 0 Å². The molecule has 0 radical (unpaired) electrons. The van der Waals surface area contributed by atoms with Gasteiger partial charge in [0.2, 0.25) is 0 Å². The van der Waals surface area contributed by atoms with Crippen molar-refractivity contribution >= 4 is 67.8 Å². The average molecular weight is 114 g/mol. The van der Waals surface area contributed by atoms with Gasteiger partial charge in [-0.05, 0) is 0 Å². The monoisotopic (exact) mass is 114 g/mol. The molecule has 0 aliphatic rings. The fourth-order valence-electron chi connectivity index (χ4n) is 0. The summed E-state index contributed by atoms with van der Waals surface area (Å²) in [5.74, 6) is 0. The van der Waals surface area contributed by atoms with Crippen LogP contribution in [0.1, 0.15) is 0 Å². The Hall–Kier alpha value is 2.19. The van der Waals surface area contributed by atoms with Gasteiger partial charge in [-0.3, -0.25) is 4.57 Å². The predicted octanol–water partition coefficient (Wildman–Crippen LogP) is -1.65. The normalized spacial score (nSPS) is 5.80. The summed E-state index contributed by atoms with van der Waals surface area (Å²) in [7, 11) is -1.50. The average Bonchev–Trinajstić information content (AvgIpc) is 0.918. The van der Waals surface area contributed by atoms with Crippen molar-refractivity contribution in [2.75, 3.05) is 0 Å². The van der Waals surface area contributed by atoms with Crippen LogP contribution in [0.15, 0.2) is 0 Å². The molecular formula is H5Na2O2P. The van der Waals surface area contributed by atoms with Crippen molar-refractivity contribution in [1.29, 1.82) is 0 Å². The van der Waals surface area contributed by atoms with E-state index in [0.29, 0.717) is 0 Å². The molecule has 24 valence electrons. The van der Waals surface area contributed by atoms with Gasteiger partial charge in [0.25, 0.3) is 0 Å². The van der Waals surface area contributed by atoms with Crippen molar-refractivity contribution in [2.24, 2.45) is 0 Å². The Morgan fingerprint density at radius 3 is 1.40 bits per heavy atom. The van der Waals surface area contributed by atoms with Crippen LogP contribution < -0.4 is 0 Å². The molecule has 0 rings (SSSR count). The Bertz CT molecular complexity index is 15.1. The molecule has 0 aromatic heterocycles. The van der Waals surface area contributed by atoms with Crippen molar-refractivity contribution in [1.82, 2.24) is 0 Å². The quantitative estimate of drug-likeness (QED) is 0.302. The van der Waals surface area contributed by atoms with Crippen LogP contribution in [0, 0.1) is 0 Å². The number of hydrogen-bond acceptors (Lipinski definition) is 1.